The molecule has 0 fully saturated rings. The number of hydrogen-bond donors (Lipinski definition) is 1. The van der Waals surface area contributed by atoms with Crippen molar-refractivity contribution in [3.05, 3.63) is 22.4 Å². The summed E-state index contributed by atoms with van der Waals surface area (Å²) in [5, 5.41) is 5.68. The molecule has 1 aromatic heterocycles. The van der Waals surface area contributed by atoms with Crippen LogP contribution in [-0.4, -0.2) is 13.1 Å². The maximum absolute atomic E-state index is 3.51. The van der Waals surface area contributed by atoms with Gasteiger partial charge < -0.3 is 5.32 Å². The zero-order valence-corrected chi connectivity index (χ0v) is 11.6. The fourth-order valence-corrected chi connectivity index (χ4v) is 3.07. The predicted molar refractivity (Wildman–Crippen MR) is 74.2 cm³/mol. The van der Waals surface area contributed by atoms with Crippen LogP contribution >= 0.6 is 11.3 Å². The quantitative estimate of drug-likeness (QED) is 0.720. The summed E-state index contributed by atoms with van der Waals surface area (Å²) in [5.74, 6) is 0.826. The molecule has 0 aliphatic heterocycles. The summed E-state index contributed by atoms with van der Waals surface area (Å²) in [6.45, 7) is 4.60. The van der Waals surface area contributed by atoms with Crippen LogP contribution in [0.2, 0.25) is 0 Å². The van der Waals surface area contributed by atoms with Crippen molar-refractivity contribution in [3.63, 3.8) is 0 Å². The van der Waals surface area contributed by atoms with Gasteiger partial charge in [0, 0.05) is 10.9 Å². The first kappa shape index (κ1) is 13.7. The Balaban J connectivity index is 2.49. The Morgan fingerprint density at radius 2 is 2.19 bits per heavy atom. The Bertz CT molecular complexity index is 256. The van der Waals surface area contributed by atoms with Crippen LogP contribution in [0.1, 0.15) is 44.4 Å². The highest BCUT2D eigenvalue weighted by Crippen LogP contribution is 2.21. The van der Waals surface area contributed by atoms with E-state index in [1.54, 1.807) is 0 Å². The lowest BCUT2D eigenvalue weighted by Crippen LogP contribution is -2.35. The minimum absolute atomic E-state index is 0.648. The molecular formula is C14H25NS. The molecule has 1 N–H and O–H groups in total. The zero-order chi connectivity index (χ0) is 11.8. The molecule has 0 spiro atoms. The van der Waals surface area contributed by atoms with Crippen LogP contribution in [0.5, 0.6) is 0 Å². The molecule has 0 bridgehead atoms. The van der Waals surface area contributed by atoms with Crippen LogP contribution in [0.4, 0.5) is 0 Å². The van der Waals surface area contributed by atoms with Gasteiger partial charge >= 0.3 is 0 Å². The fraction of sp³-hybridized carbons (Fsp3) is 0.714. The van der Waals surface area contributed by atoms with E-state index >= 15 is 0 Å². The average Bonchev–Trinajstić information content (AvgIpc) is 2.81. The van der Waals surface area contributed by atoms with Crippen LogP contribution in [0.15, 0.2) is 17.5 Å². The van der Waals surface area contributed by atoms with Crippen LogP contribution in [-0.2, 0) is 6.42 Å². The van der Waals surface area contributed by atoms with Crippen molar-refractivity contribution in [1.82, 2.24) is 5.32 Å². The maximum atomic E-state index is 3.51. The number of likely N-dealkylation sites (N-methyl/N-ethyl adjacent to an activating group) is 1. The molecule has 1 aromatic rings. The summed E-state index contributed by atoms with van der Waals surface area (Å²) < 4.78 is 0. The topological polar surface area (TPSA) is 12.0 Å². The first-order valence-corrected chi connectivity index (χ1v) is 7.39. The molecule has 2 heteroatoms. The summed E-state index contributed by atoms with van der Waals surface area (Å²) in [6, 6.07) is 5.05. The zero-order valence-electron chi connectivity index (χ0n) is 10.8. The summed E-state index contributed by atoms with van der Waals surface area (Å²) in [6.07, 6.45) is 6.52. The minimum atomic E-state index is 0.648. The van der Waals surface area contributed by atoms with E-state index in [2.05, 4.69) is 43.7 Å². The first-order chi connectivity index (χ1) is 7.81. The Hall–Kier alpha value is -0.340. The van der Waals surface area contributed by atoms with E-state index in [-0.39, 0.29) is 0 Å². The first-order valence-electron chi connectivity index (χ1n) is 6.51. The van der Waals surface area contributed by atoms with Crippen molar-refractivity contribution in [1.29, 1.82) is 0 Å². The smallest absolute Gasteiger partial charge is 0.0140 e. The maximum Gasteiger partial charge on any atom is 0.0140 e. The lowest BCUT2D eigenvalue weighted by Gasteiger charge is -2.25. The lowest BCUT2D eigenvalue weighted by molar-refractivity contribution is 0.331. The second-order valence-electron chi connectivity index (χ2n) is 4.49. The van der Waals surface area contributed by atoms with Crippen LogP contribution < -0.4 is 5.32 Å². The Labute approximate surface area is 104 Å². The number of rotatable bonds is 8. The van der Waals surface area contributed by atoms with Gasteiger partial charge in [-0.25, -0.2) is 0 Å². The van der Waals surface area contributed by atoms with E-state index in [0.29, 0.717) is 6.04 Å². The molecule has 0 aliphatic rings. The molecule has 2 unspecified atom stereocenters. The van der Waals surface area contributed by atoms with Gasteiger partial charge in [0.05, 0.1) is 0 Å². The van der Waals surface area contributed by atoms with Crippen LogP contribution in [0.25, 0.3) is 0 Å². The molecule has 1 nitrogen and oxygen atoms in total. The summed E-state index contributed by atoms with van der Waals surface area (Å²) in [7, 11) is 2.10. The second kappa shape index (κ2) is 7.86. The Morgan fingerprint density at radius 3 is 2.69 bits per heavy atom. The summed E-state index contributed by atoms with van der Waals surface area (Å²) in [5.41, 5.74) is 0. The number of hydrogen-bond acceptors (Lipinski definition) is 2. The molecule has 16 heavy (non-hydrogen) atoms. The SMILES string of the molecule is CCCCC(CC)C(Cc1cccs1)NC. The molecule has 1 heterocycles. The molecule has 0 radical (unpaired) electrons. The van der Waals surface area contributed by atoms with E-state index in [1.165, 1.54) is 37.0 Å². The van der Waals surface area contributed by atoms with Gasteiger partial charge in [-0.05, 0) is 37.3 Å². The van der Waals surface area contributed by atoms with Crippen molar-refractivity contribution in [3.8, 4) is 0 Å². The van der Waals surface area contributed by atoms with Crippen molar-refractivity contribution in [2.45, 2.75) is 52.0 Å². The highest BCUT2D eigenvalue weighted by molar-refractivity contribution is 7.09. The van der Waals surface area contributed by atoms with Crippen molar-refractivity contribution in [2.24, 2.45) is 5.92 Å². The molecule has 0 saturated heterocycles. The lowest BCUT2D eigenvalue weighted by atomic mass is 9.89. The normalized spacial score (nSPS) is 14.9. The molecule has 0 aliphatic carbocycles. The van der Waals surface area contributed by atoms with Crippen molar-refractivity contribution >= 4 is 11.3 Å². The van der Waals surface area contributed by atoms with Crippen molar-refractivity contribution in [2.75, 3.05) is 7.05 Å². The Kier molecular flexibility index (Phi) is 6.74. The van der Waals surface area contributed by atoms with Gasteiger partial charge in [-0.1, -0.05) is 39.2 Å². The average molecular weight is 239 g/mol. The molecule has 0 aromatic carbocycles. The second-order valence-corrected chi connectivity index (χ2v) is 5.52. The van der Waals surface area contributed by atoms with Gasteiger partial charge in [-0.15, -0.1) is 11.3 Å². The van der Waals surface area contributed by atoms with E-state index in [9.17, 15) is 0 Å². The van der Waals surface area contributed by atoms with Gasteiger partial charge in [0.2, 0.25) is 0 Å². The fourth-order valence-electron chi connectivity index (χ4n) is 2.31. The highest BCUT2D eigenvalue weighted by atomic mass is 32.1. The Morgan fingerprint density at radius 1 is 1.38 bits per heavy atom. The third-order valence-corrected chi connectivity index (χ3v) is 4.29. The van der Waals surface area contributed by atoms with E-state index in [0.717, 1.165) is 5.92 Å². The molecule has 0 saturated carbocycles. The van der Waals surface area contributed by atoms with Gasteiger partial charge in [0.25, 0.3) is 0 Å². The standard InChI is InChI=1S/C14H25NS/c1-4-6-8-12(5-2)14(15-3)11-13-9-7-10-16-13/h7,9-10,12,14-15H,4-6,8,11H2,1-3H3. The molecule has 1 rings (SSSR count). The summed E-state index contributed by atoms with van der Waals surface area (Å²) in [4.78, 5) is 1.51. The number of thiophene rings is 1. The number of unbranched alkanes of at least 4 members (excludes halogenated alkanes) is 1. The third kappa shape index (κ3) is 4.26. The van der Waals surface area contributed by atoms with Crippen LogP contribution in [0.3, 0.4) is 0 Å². The monoisotopic (exact) mass is 239 g/mol. The molecule has 2 atom stereocenters. The predicted octanol–water partition coefficient (Wildman–Crippen LogP) is 4.10. The third-order valence-electron chi connectivity index (χ3n) is 3.39. The van der Waals surface area contributed by atoms with Gasteiger partial charge in [-0.3, -0.25) is 0 Å². The highest BCUT2D eigenvalue weighted by Gasteiger charge is 2.18. The minimum Gasteiger partial charge on any atom is -0.316 e. The van der Waals surface area contributed by atoms with Gasteiger partial charge in [0.1, 0.15) is 0 Å². The molecular weight excluding hydrogens is 214 g/mol. The van der Waals surface area contributed by atoms with E-state index in [4.69, 9.17) is 0 Å². The number of nitrogens with one attached hydrogen (secondary N) is 1. The molecule has 92 valence electrons. The largest absolute Gasteiger partial charge is 0.316 e. The van der Waals surface area contributed by atoms with Gasteiger partial charge in [0.15, 0.2) is 0 Å². The van der Waals surface area contributed by atoms with Crippen LogP contribution in [0, 0.1) is 5.92 Å². The van der Waals surface area contributed by atoms with E-state index < -0.39 is 0 Å². The van der Waals surface area contributed by atoms with E-state index in [1.807, 2.05) is 11.3 Å². The summed E-state index contributed by atoms with van der Waals surface area (Å²) >= 11 is 1.88. The van der Waals surface area contributed by atoms with Gasteiger partial charge in [-0.2, -0.15) is 0 Å². The molecule has 0 amide bonds. The van der Waals surface area contributed by atoms with Crippen molar-refractivity contribution < 1.29 is 0 Å².